The molecule has 0 unspecified atom stereocenters. The van der Waals surface area contributed by atoms with Crippen molar-refractivity contribution in [2.45, 2.75) is 36.5 Å². The number of hydrogen-bond donors (Lipinski definition) is 0. The first-order valence-corrected chi connectivity index (χ1v) is 7.63. The smallest absolute Gasteiger partial charge is 0.146 e. The van der Waals surface area contributed by atoms with Gasteiger partial charge in [-0.3, -0.25) is 0 Å². The Balaban J connectivity index is 2.61. The normalized spacial score (nSPS) is 11.1. The van der Waals surface area contributed by atoms with Gasteiger partial charge in [-0.25, -0.2) is 26.3 Å². The minimum Gasteiger partial charge on any atom is -0.206 e. The minimum atomic E-state index is -1.27. The van der Waals surface area contributed by atoms with Gasteiger partial charge in [-0.15, -0.1) is 0 Å². The lowest BCUT2D eigenvalue weighted by atomic mass is 10.1. The third-order valence-electron chi connectivity index (χ3n) is 3.36. The van der Waals surface area contributed by atoms with Crippen molar-refractivity contribution in [3.63, 3.8) is 0 Å². The molecule has 0 saturated carbocycles. The highest BCUT2D eigenvalue weighted by atomic mass is 32.2. The highest BCUT2D eigenvalue weighted by Gasteiger charge is 2.24. The molecule has 124 valence electrons. The molecule has 0 heterocycles. The second-order valence-electron chi connectivity index (χ2n) is 4.73. The Morgan fingerprint density at radius 2 is 1.00 bits per heavy atom. The molecule has 0 amide bonds. The van der Waals surface area contributed by atoms with E-state index in [-0.39, 0.29) is 35.7 Å². The second-order valence-corrected chi connectivity index (χ2v) is 5.75. The quantitative estimate of drug-likeness (QED) is 0.628. The van der Waals surface area contributed by atoms with Crippen LogP contribution in [0, 0.1) is 34.9 Å². The summed E-state index contributed by atoms with van der Waals surface area (Å²) in [5, 5.41) is 0. The molecule has 0 aliphatic heterocycles. The lowest BCUT2D eigenvalue weighted by Crippen LogP contribution is -2.03. The third kappa shape index (κ3) is 3.20. The maximum Gasteiger partial charge on any atom is 0.146 e. The molecule has 0 aromatic heterocycles. The molecule has 2 aromatic carbocycles. The summed E-state index contributed by atoms with van der Waals surface area (Å²) < 4.78 is 83.0. The fraction of sp³-hybridized carbons (Fsp3) is 0.250. The van der Waals surface area contributed by atoms with Crippen LogP contribution in [0.2, 0.25) is 0 Å². The van der Waals surface area contributed by atoms with Crippen LogP contribution in [-0.4, -0.2) is 0 Å². The predicted molar refractivity (Wildman–Crippen MR) is 75.5 cm³/mol. The summed E-state index contributed by atoms with van der Waals surface area (Å²) in [6.45, 7) is 2.92. The van der Waals surface area contributed by atoms with Gasteiger partial charge in [-0.05, 0) is 12.8 Å². The van der Waals surface area contributed by atoms with Crippen LogP contribution in [0.15, 0.2) is 21.9 Å². The van der Waals surface area contributed by atoms with Crippen LogP contribution in [0.5, 0.6) is 0 Å². The van der Waals surface area contributed by atoms with E-state index in [1.807, 2.05) is 0 Å². The first-order chi connectivity index (χ1) is 10.8. The zero-order chi connectivity index (χ0) is 17.3. The minimum absolute atomic E-state index is 0.0555. The van der Waals surface area contributed by atoms with Crippen molar-refractivity contribution in [1.82, 2.24) is 0 Å². The van der Waals surface area contributed by atoms with Gasteiger partial charge in [0.05, 0.1) is 9.79 Å². The molecular formula is C16H12F6S. The van der Waals surface area contributed by atoms with Gasteiger partial charge in [0, 0.05) is 23.3 Å². The Bertz CT molecular complexity index is 694. The largest absolute Gasteiger partial charge is 0.206 e. The van der Waals surface area contributed by atoms with Crippen LogP contribution in [0.3, 0.4) is 0 Å². The molecule has 0 nitrogen and oxygen atoms in total. The number of rotatable bonds is 4. The van der Waals surface area contributed by atoms with Crippen LogP contribution < -0.4 is 0 Å². The summed E-state index contributed by atoms with van der Waals surface area (Å²) in [6, 6.07) is 0.925. The Hall–Kier alpha value is -1.63. The summed E-state index contributed by atoms with van der Waals surface area (Å²) in [6.07, 6.45) is -0.111. The summed E-state index contributed by atoms with van der Waals surface area (Å²) in [7, 11) is 0. The second kappa shape index (κ2) is 6.86. The van der Waals surface area contributed by atoms with E-state index in [2.05, 4.69) is 0 Å². The standard InChI is InChI=1S/C16H12F6S/c1-3-7-9(17)5-11(19)15(13(7)21)23-16-12(20)6-10(18)8(4-2)14(16)22/h5-6H,3-4H2,1-2H3. The first kappa shape index (κ1) is 17.7. The van der Waals surface area contributed by atoms with Crippen molar-refractivity contribution >= 4 is 11.8 Å². The molecule has 0 atom stereocenters. The maximum atomic E-state index is 14.2. The zero-order valence-corrected chi connectivity index (χ0v) is 13.1. The zero-order valence-electron chi connectivity index (χ0n) is 12.2. The average molecular weight is 350 g/mol. The molecule has 0 fully saturated rings. The van der Waals surface area contributed by atoms with E-state index in [1.165, 1.54) is 13.8 Å². The molecular weight excluding hydrogens is 338 g/mol. The van der Waals surface area contributed by atoms with E-state index < -0.39 is 44.7 Å². The van der Waals surface area contributed by atoms with E-state index in [9.17, 15) is 26.3 Å². The molecule has 0 bridgehead atoms. The Morgan fingerprint density at radius 1 is 0.652 bits per heavy atom. The Labute approximate surface area is 133 Å². The van der Waals surface area contributed by atoms with E-state index in [1.54, 1.807) is 0 Å². The third-order valence-corrected chi connectivity index (χ3v) is 4.51. The van der Waals surface area contributed by atoms with Crippen LogP contribution in [0.1, 0.15) is 25.0 Å². The summed E-state index contributed by atoms with van der Waals surface area (Å²) in [5.41, 5.74) is -0.764. The summed E-state index contributed by atoms with van der Waals surface area (Å²) >= 11 is 0.137. The fourth-order valence-corrected chi connectivity index (χ4v) is 3.10. The molecule has 0 spiro atoms. The summed E-state index contributed by atoms with van der Waals surface area (Å²) in [4.78, 5) is -1.45. The first-order valence-electron chi connectivity index (χ1n) is 6.82. The number of benzene rings is 2. The fourth-order valence-electron chi connectivity index (χ4n) is 2.16. The van der Waals surface area contributed by atoms with Crippen molar-refractivity contribution in [2.24, 2.45) is 0 Å². The number of halogens is 6. The van der Waals surface area contributed by atoms with Crippen LogP contribution >= 0.6 is 11.8 Å². The topological polar surface area (TPSA) is 0 Å². The molecule has 0 aliphatic rings. The van der Waals surface area contributed by atoms with Gasteiger partial charge in [0.1, 0.15) is 34.9 Å². The molecule has 2 rings (SSSR count). The van der Waals surface area contributed by atoms with Gasteiger partial charge in [0.2, 0.25) is 0 Å². The average Bonchev–Trinajstić information content (AvgIpc) is 2.46. The van der Waals surface area contributed by atoms with Crippen LogP contribution in [0.25, 0.3) is 0 Å². The highest BCUT2D eigenvalue weighted by molar-refractivity contribution is 7.99. The van der Waals surface area contributed by atoms with Crippen LogP contribution in [-0.2, 0) is 12.8 Å². The molecule has 23 heavy (non-hydrogen) atoms. The molecule has 0 saturated heterocycles. The van der Waals surface area contributed by atoms with E-state index in [4.69, 9.17) is 0 Å². The van der Waals surface area contributed by atoms with Gasteiger partial charge >= 0.3 is 0 Å². The van der Waals surface area contributed by atoms with Crippen LogP contribution in [0.4, 0.5) is 26.3 Å². The predicted octanol–water partition coefficient (Wildman–Crippen LogP) is 5.80. The lowest BCUT2D eigenvalue weighted by molar-refractivity contribution is 0.488. The maximum absolute atomic E-state index is 14.2. The monoisotopic (exact) mass is 350 g/mol. The van der Waals surface area contributed by atoms with Gasteiger partial charge in [0.25, 0.3) is 0 Å². The van der Waals surface area contributed by atoms with Gasteiger partial charge < -0.3 is 0 Å². The van der Waals surface area contributed by atoms with E-state index >= 15 is 0 Å². The summed E-state index contributed by atoms with van der Waals surface area (Å²) in [5.74, 6) is -7.11. The lowest BCUT2D eigenvalue weighted by Gasteiger charge is -2.12. The van der Waals surface area contributed by atoms with Crippen molar-refractivity contribution in [1.29, 1.82) is 0 Å². The molecule has 7 heteroatoms. The Morgan fingerprint density at radius 3 is 1.30 bits per heavy atom. The van der Waals surface area contributed by atoms with Gasteiger partial charge in [-0.1, -0.05) is 25.6 Å². The molecule has 0 radical (unpaired) electrons. The van der Waals surface area contributed by atoms with Crippen molar-refractivity contribution < 1.29 is 26.3 Å². The molecule has 0 N–H and O–H groups in total. The highest BCUT2D eigenvalue weighted by Crippen LogP contribution is 2.38. The van der Waals surface area contributed by atoms with Gasteiger partial charge in [0.15, 0.2) is 0 Å². The molecule has 0 aliphatic carbocycles. The van der Waals surface area contributed by atoms with Crippen molar-refractivity contribution in [2.75, 3.05) is 0 Å². The van der Waals surface area contributed by atoms with E-state index in [0.717, 1.165) is 0 Å². The Kier molecular flexibility index (Phi) is 5.29. The van der Waals surface area contributed by atoms with Gasteiger partial charge in [-0.2, -0.15) is 0 Å². The SMILES string of the molecule is CCc1c(F)cc(F)c(Sc2c(F)cc(F)c(CC)c2F)c1F. The van der Waals surface area contributed by atoms with Crippen molar-refractivity contribution in [3.8, 4) is 0 Å². The van der Waals surface area contributed by atoms with Crippen molar-refractivity contribution in [3.05, 3.63) is 58.2 Å². The van der Waals surface area contributed by atoms with E-state index in [0.29, 0.717) is 12.1 Å². The number of hydrogen-bond acceptors (Lipinski definition) is 1. The molecule has 2 aromatic rings.